The van der Waals surface area contributed by atoms with Crippen LogP contribution in [0.3, 0.4) is 0 Å². The number of carbonyl (C=O) groups excluding carboxylic acids is 2. The Morgan fingerprint density at radius 3 is 2.67 bits per heavy atom. The first-order chi connectivity index (χ1) is 14.6. The number of fused-ring (bicyclic) bond motifs is 1. The summed E-state index contributed by atoms with van der Waals surface area (Å²) < 4.78 is 12.2. The predicted molar refractivity (Wildman–Crippen MR) is 113 cm³/mol. The van der Waals surface area contributed by atoms with E-state index in [-0.39, 0.29) is 6.54 Å². The Hall–Kier alpha value is -4.13. The number of benzene rings is 2. The van der Waals surface area contributed by atoms with Crippen LogP contribution in [-0.2, 0) is 14.3 Å². The van der Waals surface area contributed by atoms with Crippen LogP contribution in [0.5, 0.6) is 0 Å². The summed E-state index contributed by atoms with van der Waals surface area (Å²) in [5.41, 5.74) is 2.94. The zero-order chi connectivity index (χ0) is 20.9. The average Bonchev–Trinajstić information content (AvgIpc) is 3.40. The smallest absolute Gasteiger partial charge is 0.325 e. The molecule has 4 aromatic rings. The van der Waals surface area contributed by atoms with Gasteiger partial charge in [0.05, 0.1) is 12.8 Å². The molecule has 0 fully saturated rings. The molecule has 1 amide bonds. The number of nitrogens with one attached hydrogen (secondary N) is 1. The van der Waals surface area contributed by atoms with Crippen LogP contribution in [0, 0.1) is 0 Å². The molecule has 0 spiro atoms. The average molecular weight is 401 g/mol. The maximum atomic E-state index is 12.0. The minimum Gasteiger partial charge on any atom is -0.468 e. The van der Waals surface area contributed by atoms with Gasteiger partial charge in [-0.2, -0.15) is 5.10 Å². The SMILES string of the molecule is COC(=O)CNC(=O)/C=C/c1cn(-c2ccccc2)nc1-c1cc2ccccc2o1. The lowest BCUT2D eigenvalue weighted by molar-refractivity contribution is -0.140. The van der Waals surface area contributed by atoms with Gasteiger partial charge < -0.3 is 14.5 Å². The van der Waals surface area contributed by atoms with Gasteiger partial charge >= 0.3 is 5.97 Å². The van der Waals surface area contributed by atoms with E-state index in [1.165, 1.54) is 13.2 Å². The number of nitrogens with zero attached hydrogens (tertiary/aromatic N) is 2. The van der Waals surface area contributed by atoms with Crippen LogP contribution < -0.4 is 5.32 Å². The van der Waals surface area contributed by atoms with Crippen LogP contribution in [0.4, 0.5) is 0 Å². The van der Waals surface area contributed by atoms with Gasteiger partial charge in [0.15, 0.2) is 5.76 Å². The Labute approximate surface area is 172 Å². The van der Waals surface area contributed by atoms with E-state index in [4.69, 9.17) is 4.42 Å². The molecule has 2 heterocycles. The fourth-order valence-electron chi connectivity index (χ4n) is 2.97. The van der Waals surface area contributed by atoms with Crippen LogP contribution in [-0.4, -0.2) is 35.3 Å². The summed E-state index contributed by atoms with van der Waals surface area (Å²) in [6.45, 7) is -0.195. The van der Waals surface area contributed by atoms with Gasteiger partial charge in [0.1, 0.15) is 17.8 Å². The number of hydrogen-bond donors (Lipinski definition) is 1. The first-order valence-corrected chi connectivity index (χ1v) is 9.31. The lowest BCUT2D eigenvalue weighted by Gasteiger charge is -1.99. The normalized spacial score (nSPS) is 11.1. The highest BCUT2D eigenvalue weighted by molar-refractivity contribution is 5.94. The van der Waals surface area contributed by atoms with Gasteiger partial charge in [0, 0.05) is 23.2 Å². The fraction of sp³-hybridized carbons (Fsp3) is 0.0870. The number of esters is 1. The fourth-order valence-corrected chi connectivity index (χ4v) is 2.97. The highest BCUT2D eigenvalue weighted by atomic mass is 16.5. The molecule has 1 N–H and O–H groups in total. The van der Waals surface area contributed by atoms with Crippen LogP contribution in [0.15, 0.2) is 77.4 Å². The highest BCUT2D eigenvalue weighted by Crippen LogP contribution is 2.30. The van der Waals surface area contributed by atoms with Crippen molar-refractivity contribution >= 4 is 28.9 Å². The van der Waals surface area contributed by atoms with Crippen molar-refractivity contribution in [2.75, 3.05) is 13.7 Å². The third kappa shape index (κ3) is 4.15. The number of ether oxygens (including phenoxy) is 1. The van der Waals surface area contributed by atoms with E-state index in [1.54, 1.807) is 10.8 Å². The molecule has 150 valence electrons. The molecule has 30 heavy (non-hydrogen) atoms. The van der Waals surface area contributed by atoms with E-state index in [0.717, 1.165) is 16.7 Å². The first-order valence-electron chi connectivity index (χ1n) is 9.31. The summed E-state index contributed by atoms with van der Waals surface area (Å²) in [6.07, 6.45) is 4.81. The van der Waals surface area contributed by atoms with Crippen molar-refractivity contribution in [2.24, 2.45) is 0 Å². The van der Waals surface area contributed by atoms with E-state index in [0.29, 0.717) is 17.0 Å². The van der Waals surface area contributed by atoms with Crippen molar-refractivity contribution < 1.29 is 18.7 Å². The molecule has 0 aliphatic carbocycles. The Bertz CT molecular complexity index is 1190. The lowest BCUT2D eigenvalue weighted by Crippen LogP contribution is -2.28. The van der Waals surface area contributed by atoms with E-state index in [2.05, 4.69) is 15.2 Å². The molecule has 4 rings (SSSR count). The largest absolute Gasteiger partial charge is 0.468 e. The topological polar surface area (TPSA) is 86.4 Å². The number of rotatable bonds is 6. The number of methoxy groups -OCH3 is 1. The molecule has 7 nitrogen and oxygen atoms in total. The summed E-state index contributed by atoms with van der Waals surface area (Å²) in [5, 5.41) is 8.11. The number of amides is 1. The van der Waals surface area contributed by atoms with Crippen molar-refractivity contribution in [3.63, 3.8) is 0 Å². The van der Waals surface area contributed by atoms with E-state index < -0.39 is 11.9 Å². The molecule has 0 radical (unpaired) electrons. The molecule has 0 unspecified atom stereocenters. The highest BCUT2D eigenvalue weighted by Gasteiger charge is 2.15. The molecule has 0 bridgehead atoms. The monoisotopic (exact) mass is 401 g/mol. The quantitative estimate of drug-likeness (QED) is 0.394. The van der Waals surface area contributed by atoms with Gasteiger partial charge in [-0.05, 0) is 30.3 Å². The Morgan fingerprint density at radius 1 is 1.13 bits per heavy atom. The lowest BCUT2D eigenvalue weighted by atomic mass is 10.2. The van der Waals surface area contributed by atoms with Gasteiger partial charge in [-0.25, -0.2) is 4.68 Å². The second-order valence-electron chi connectivity index (χ2n) is 6.49. The maximum absolute atomic E-state index is 12.0. The Kier molecular flexibility index (Phi) is 5.43. The summed E-state index contributed by atoms with van der Waals surface area (Å²) >= 11 is 0. The third-order valence-corrected chi connectivity index (χ3v) is 4.47. The number of carbonyl (C=O) groups is 2. The Morgan fingerprint density at radius 2 is 1.90 bits per heavy atom. The number of aromatic nitrogens is 2. The number of hydrogen-bond acceptors (Lipinski definition) is 5. The molecule has 0 aliphatic heterocycles. The van der Waals surface area contributed by atoms with E-state index >= 15 is 0 Å². The van der Waals surface area contributed by atoms with Crippen molar-refractivity contribution in [1.82, 2.24) is 15.1 Å². The second kappa shape index (κ2) is 8.48. The molecule has 2 aromatic heterocycles. The van der Waals surface area contributed by atoms with Crippen LogP contribution in [0.1, 0.15) is 5.56 Å². The molecular weight excluding hydrogens is 382 g/mol. The second-order valence-corrected chi connectivity index (χ2v) is 6.49. The minimum absolute atomic E-state index is 0.195. The molecule has 0 aliphatic rings. The number of para-hydroxylation sites is 2. The van der Waals surface area contributed by atoms with Crippen molar-refractivity contribution in [3.05, 3.63) is 78.5 Å². The summed E-state index contributed by atoms with van der Waals surface area (Å²) in [4.78, 5) is 23.2. The zero-order valence-electron chi connectivity index (χ0n) is 16.2. The Balaban J connectivity index is 1.69. The van der Waals surface area contributed by atoms with E-state index in [1.807, 2.05) is 66.9 Å². The zero-order valence-corrected chi connectivity index (χ0v) is 16.2. The van der Waals surface area contributed by atoms with Crippen LogP contribution in [0.25, 0.3) is 34.2 Å². The van der Waals surface area contributed by atoms with Gasteiger partial charge in [0.2, 0.25) is 5.91 Å². The molecular formula is C23H19N3O4. The summed E-state index contributed by atoms with van der Waals surface area (Å²) in [5.74, 6) is -0.333. The van der Waals surface area contributed by atoms with Gasteiger partial charge in [-0.3, -0.25) is 9.59 Å². The third-order valence-electron chi connectivity index (χ3n) is 4.47. The van der Waals surface area contributed by atoms with Crippen LogP contribution >= 0.6 is 0 Å². The molecule has 7 heteroatoms. The first kappa shape index (κ1) is 19.2. The summed E-state index contributed by atoms with van der Waals surface area (Å²) in [7, 11) is 1.27. The molecule has 0 saturated carbocycles. The molecule has 0 saturated heterocycles. The van der Waals surface area contributed by atoms with Gasteiger partial charge in [0.25, 0.3) is 0 Å². The van der Waals surface area contributed by atoms with Crippen molar-refractivity contribution in [1.29, 1.82) is 0 Å². The van der Waals surface area contributed by atoms with Crippen LogP contribution in [0.2, 0.25) is 0 Å². The molecule has 2 aromatic carbocycles. The number of furan rings is 1. The van der Waals surface area contributed by atoms with E-state index in [9.17, 15) is 9.59 Å². The summed E-state index contributed by atoms with van der Waals surface area (Å²) in [6, 6.07) is 19.3. The van der Waals surface area contributed by atoms with Gasteiger partial charge in [-0.1, -0.05) is 36.4 Å². The van der Waals surface area contributed by atoms with Gasteiger partial charge in [-0.15, -0.1) is 0 Å². The predicted octanol–water partition coefficient (Wildman–Crippen LogP) is 3.59. The van der Waals surface area contributed by atoms with Crippen molar-refractivity contribution in [2.45, 2.75) is 0 Å². The standard InChI is InChI=1S/C23H19N3O4/c1-29-22(28)14-24-21(27)12-11-17-15-26(18-8-3-2-4-9-18)25-23(17)20-13-16-7-5-6-10-19(16)30-20/h2-13,15H,14H2,1H3,(H,24,27)/b12-11+. The van der Waals surface area contributed by atoms with Crippen molar-refractivity contribution in [3.8, 4) is 17.1 Å². The molecule has 0 atom stereocenters. The minimum atomic E-state index is -0.517. The maximum Gasteiger partial charge on any atom is 0.325 e.